The lowest BCUT2D eigenvalue weighted by Crippen LogP contribution is -2.49. The fourth-order valence-corrected chi connectivity index (χ4v) is 5.34. The molecule has 0 bridgehead atoms. The van der Waals surface area contributed by atoms with E-state index < -0.39 is 15.7 Å². The molecular formula is C28H30F2N2O4S. The summed E-state index contributed by atoms with van der Waals surface area (Å²) in [5.41, 5.74) is 2.57. The van der Waals surface area contributed by atoms with Crippen molar-refractivity contribution >= 4 is 21.4 Å². The van der Waals surface area contributed by atoms with Gasteiger partial charge in [-0.2, -0.15) is 0 Å². The van der Waals surface area contributed by atoms with E-state index in [1.54, 1.807) is 43.2 Å². The molecule has 1 aliphatic heterocycles. The molecule has 1 aliphatic rings. The van der Waals surface area contributed by atoms with Crippen LogP contribution in [0.3, 0.4) is 0 Å². The summed E-state index contributed by atoms with van der Waals surface area (Å²) >= 11 is 0. The zero-order chi connectivity index (χ0) is 26.7. The van der Waals surface area contributed by atoms with E-state index in [0.717, 1.165) is 5.56 Å². The molecule has 1 fully saturated rings. The van der Waals surface area contributed by atoms with Crippen LogP contribution in [0.5, 0.6) is 0 Å². The Kier molecular flexibility index (Phi) is 7.94. The molecule has 0 spiro atoms. The number of piperazine rings is 1. The van der Waals surface area contributed by atoms with Gasteiger partial charge >= 0.3 is 0 Å². The van der Waals surface area contributed by atoms with Gasteiger partial charge in [0.15, 0.2) is 9.84 Å². The quantitative estimate of drug-likeness (QED) is 0.427. The van der Waals surface area contributed by atoms with Crippen LogP contribution in [0.15, 0.2) is 65.6 Å². The summed E-state index contributed by atoms with van der Waals surface area (Å²) in [6.07, 6.45) is -0.222. The van der Waals surface area contributed by atoms with Gasteiger partial charge < -0.3 is 14.5 Å². The van der Waals surface area contributed by atoms with Crippen molar-refractivity contribution in [2.45, 2.75) is 24.8 Å². The maximum atomic E-state index is 14.8. The number of hydrogen-bond acceptors (Lipinski definition) is 5. The Morgan fingerprint density at radius 3 is 2.24 bits per heavy atom. The lowest BCUT2D eigenvalue weighted by Gasteiger charge is -2.36. The van der Waals surface area contributed by atoms with Crippen LogP contribution in [0, 0.1) is 11.6 Å². The van der Waals surface area contributed by atoms with Crippen LogP contribution in [-0.4, -0.2) is 58.3 Å². The number of amides is 1. The van der Waals surface area contributed by atoms with Crippen LogP contribution < -0.4 is 4.90 Å². The highest BCUT2D eigenvalue weighted by Crippen LogP contribution is 2.30. The molecule has 0 N–H and O–H groups in total. The maximum absolute atomic E-state index is 14.8. The second-order valence-corrected chi connectivity index (χ2v) is 11.3. The van der Waals surface area contributed by atoms with Gasteiger partial charge in [0.2, 0.25) is 0 Å². The molecule has 196 valence electrons. The van der Waals surface area contributed by atoms with Gasteiger partial charge in [-0.15, -0.1) is 0 Å². The third-order valence-corrected chi connectivity index (χ3v) is 8.55. The summed E-state index contributed by atoms with van der Waals surface area (Å²) in [5.74, 6) is -1.17. The molecule has 1 unspecified atom stereocenters. The standard InChI is InChI=1S/C28H30F2N2O4S/c1-4-37(34,35)23-10-11-24(20-5-8-22(29)9-6-20)25(18-23)28(33)32-15-13-31(14-16-32)27-12-7-21(17-26(27)30)19(2)36-3/h5-12,17-19H,4,13-16H2,1-3H3. The van der Waals surface area contributed by atoms with Crippen LogP contribution in [0.2, 0.25) is 0 Å². The Labute approximate surface area is 216 Å². The average Bonchev–Trinajstić information content (AvgIpc) is 2.92. The van der Waals surface area contributed by atoms with Gasteiger partial charge in [0.25, 0.3) is 5.91 Å². The van der Waals surface area contributed by atoms with E-state index in [4.69, 9.17) is 4.74 Å². The van der Waals surface area contributed by atoms with E-state index in [2.05, 4.69) is 0 Å². The van der Waals surface area contributed by atoms with Crippen molar-refractivity contribution in [3.8, 4) is 11.1 Å². The number of sulfone groups is 1. The summed E-state index contributed by atoms with van der Waals surface area (Å²) < 4.78 is 58.7. The highest BCUT2D eigenvalue weighted by molar-refractivity contribution is 7.91. The van der Waals surface area contributed by atoms with Crippen molar-refractivity contribution in [3.05, 3.63) is 83.4 Å². The van der Waals surface area contributed by atoms with Crippen molar-refractivity contribution in [3.63, 3.8) is 0 Å². The Bertz CT molecular complexity index is 1390. The molecule has 0 aromatic heterocycles. The SMILES string of the molecule is CCS(=O)(=O)c1ccc(-c2ccc(F)cc2)c(C(=O)N2CCN(c3ccc(C(C)OC)cc3F)CC2)c1. The first-order chi connectivity index (χ1) is 17.6. The zero-order valence-electron chi connectivity index (χ0n) is 21.1. The first-order valence-electron chi connectivity index (χ1n) is 12.1. The van der Waals surface area contributed by atoms with Gasteiger partial charge in [0.1, 0.15) is 11.6 Å². The predicted molar refractivity (Wildman–Crippen MR) is 140 cm³/mol. The molecule has 1 heterocycles. The molecule has 37 heavy (non-hydrogen) atoms. The molecule has 0 radical (unpaired) electrons. The second kappa shape index (κ2) is 11.0. The van der Waals surface area contributed by atoms with Crippen LogP contribution >= 0.6 is 0 Å². The molecule has 1 amide bonds. The van der Waals surface area contributed by atoms with Gasteiger partial charge in [-0.25, -0.2) is 17.2 Å². The van der Waals surface area contributed by atoms with Gasteiger partial charge in [0.05, 0.1) is 22.4 Å². The summed E-state index contributed by atoms with van der Waals surface area (Å²) in [4.78, 5) is 17.2. The second-order valence-electron chi connectivity index (χ2n) is 8.99. The molecule has 1 saturated heterocycles. The Hall–Kier alpha value is -3.30. The highest BCUT2D eigenvalue weighted by atomic mass is 32.2. The number of carbonyl (C=O) groups is 1. The van der Waals surface area contributed by atoms with Crippen LogP contribution in [0.4, 0.5) is 14.5 Å². The first-order valence-corrected chi connectivity index (χ1v) is 13.8. The summed E-state index contributed by atoms with van der Waals surface area (Å²) in [5, 5.41) is 0. The number of halogens is 2. The van der Waals surface area contributed by atoms with Gasteiger partial charge in [-0.05, 0) is 60.0 Å². The Morgan fingerprint density at radius 1 is 0.973 bits per heavy atom. The van der Waals surface area contributed by atoms with E-state index in [0.29, 0.717) is 43.0 Å². The summed E-state index contributed by atoms with van der Waals surface area (Å²) in [6, 6.07) is 15.2. The smallest absolute Gasteiger partial charge is 0.254 e. The third kappa shape index (κ3) is 5.67. The van der Waals surface area contributed by atoms with Crippen molar-refractivity contribution in [1.29, 1.82) is 0 Å². The van der Waals surface area contributed by atoms with E-state index in [1.165, 1.54) is 30.3 Å². The number of anilines is 1. The molecule has 4 rings (SSSR count). The molecule has 0 aliphatic carbocycles. The molecular weight excluding hydrogens is 498 g/mol. The number of benzene rings is 3. The van der Waals surface area contributed by atoms with E-state index in [9.17, 15) is 22.0 Å². The summed E-state index contributed by atoms with van der Waals surface area (Å²) in [7, 11) is -1.97. The molecule has 6 nitrogen and oxygen atoms in total. The number of methoxy groups -OCH3 is 1. The van der Waals surface area contributed by atoms with Crippen molar-refractivity contribution in [2.24, 2.45) is 0 Å². The highest BCUT2D eigenvalue weighted by Gasteiger charge is 2.27. The average molecular weight is 529 g/mol. The third-order valence-electron chi connectivity index (χ3n) is 6.82. The number of ether oxygens (including phenoxy) is 1. The first kappa shape index (κ1) is 26.8. The Balaban J connectivity index is 1.59. The van der Waals surface area contributed by atoms with E-state index in [1.807, 2.05) is 17.9 Å². The van der Waals surface area contributed by atoms with E-state index in [-0.39, 0.29) is 34.0 Å². The predicted octanol–water partition coefficient (Wildman–Crippen LogP) is 5.10. The van der Waals surface area contributed by atoms with E-state index >= 15 is 0 Å². The molecule has 3 aromatic rings. The van der Waals surface area contributed by atoms with Crippen LogP contribution in [0.25, 0.3) is 11.1 Å². The lowest BCUT2D eigenvalue weighted by atomic mass is 9.98. The van der Waals surface area contributed by atoms with Gasteiger partial charge in [-0.1, -0.05) is 31.2 Å². The normalized spacial score (nSPS) is 15.1. The number of carbonyl (C=O) groups excluding carboxylic acids is 1. The maximum Gasteiger partial charge on any atom is 0.254 e. The number of rotatable bonds is 7. The summed E-state index contributed by atoms with van der Waals surface area (Å²) in [6.45, 7) is 4.90. The minimum atomic E-state index is -3.54. The van der Waals surface area contributed by atoms with Crippen molar-refractivity contribution in [2.75, 3.05) is 43.9 Å². The van der Waals surface area contributed by atoms with Gasteiger partial charge in [0, 0.05) is 38.9 Å². The molecule has 0 saturated carbocycles. The van der Waals surface area contributed by atoms with Crippen molar-refractivity contribution < 1.29 is 26.7 Å². The molecule has 1 atom stereocenters. The Morgan fingerprint density at radius 2 is 1.65 bits per heavy atom. The van der Waals surface area contributed by atoms with Crippen molar-refractivity contribution in [1.82, 2.24) is 4.90 Å². The lowest BCUT2D eigenvalue weighted by molar-refractivity contribution is 0.0747. The largest absolute Gasteiger partial charge is 0.377 e. The number of hydrogen-bond donors (Lipinski definition) is 0. The van der Waals surface area contributed by atoms with Crippen LogP contribution in [0.1, 0.15) is 35.9 Å². The fourth-order valence-electron chi connectivity index (χ4n) is 4.43. The zero-order valence-corrected chi connectivity index (χ0v) is 21.9. The monoisotopic (exact) mass is 528 g/mol. The van der Waals surface area contributed by atoms with Gasteiger partial charge in [-0.3, -0.25) is 4.79 Å². The fraction of sp³-hybridized carbons (Fsp3) is 0.321. The minimum Gasteiger partial charge on any atom is -0.377 e. The molecule has 3 aromatic carbocycles. The molecule has 9 heteroatoms. The minimum absolute atomic E-state index is 0.0651. The van der Waals surface area contributed by atoms with Crippen LogP contribution in [-0.2, 0) is 14.6 Å². The number of nitrogens with zero attached hydrogens (tertiary/aromatic N) is 2. The topological polar surface area (TPSA) is 66.9 Å².